The second-order valence-corrected chi connectivity index (χ2v) is 9.03. The first-order chi connectivity index (χ1) is 16.5. The maximum atomic E-state index is 12.9. The van der Waals surface area contributed by atoms with Crippen LogP contribution in [0.25, 0.3) is 0 Å². The number of nitrogens with zero attached hydrogens (tertiary/aromatic N) is 2. The minimum Gasteiger partial charge on any atom is -0.497 e. The maximum Gasteiger partial charge on any atom is 0.316 e. The third kappa shape index (κ3) is 3.93. The van der Waals surface area contributed by atoms with Crippen LogP contribution in [-0.4, -0.2) is 37.3 Å². The Morgan fingerprint density at radius 3 is 2.21 bits per heavy atom. The van der Waals surface area contributed by atoms with Crippen molar-refractivity contribution in [3.05, 3.63) is 48.5 Å². The second-order valence-electron chi connectivity index (χ2n) is 9.03. The molecule has 3 amide bonds. The number of rotatable bonds is 5. The predicted molar refractivity (Wildman–Crippen MR) is 123 cm³/mol. The number of hydrogen-bond acceptors (Lipinski definition) is 6. The molecule has 3 atom stereocenters. The molecule has 2 saturated heterocycles. The van der Waals surface area contributed by atoms with Crippen molar-refractivity contribution in [2.24, 2.45) is 17.8 Å². The first-order valence-electron chi connectivity index (χ1n) is 11.6. The molecule has 2 aromatic rings. The van der Waals surface area contributed by atoms with Crippen molar-refractivity contribution >= 4 is 35.1 Å². The molecular formula is C26H26N2O6. The summed E-state index contributed by atoms with van der Waals surface area (Å²) < 4.78 is 10.7. The summed E-state index contributed by atoms with van der Waals surface area (Å²) in [6, 6.07) is 13.6. The lowest BCUT2D eigenvalue weighted by atomic mass is 9.81. The van der Waals surface area contributed by atoms with Crippen LogP contribution in [0.3, 0.4) is 0 Å². The molecule has 1 aliphatic carbocycles. The van der Waals surface area contributed by atoms with Crippen molar-refractivity contribution in [1.82, 2.24) is 0 Å². The molecule has 2 aromatic carbocycles. The molecular weight excluding hydrogens is 436 g/mol. The highest BCUT2D eigenvalue weighted by Gasteiger charge is 2.48. The predicted octanol–water partition coefficient (Wildman–Crippen LogP) is 3.33. The molecule has 0 N–H and O–H groups in total. The third-order valence-corrected chi connectivity index (χ3v) is 6.98. The number of imide groups is 1. The summed E-state index contributed by atoms with van der Waals surface area (Å²) in [5, 5.41) is 0. The van der Waals surface area contributed by atoms with Gasteiger partial charge in [-0.2, -0.15) is 0 Å². The van der Waals surface area contributed by atoms with Crippen molar-refractivity contribution in [3.63, 3.8) is 0 Å². The number of fused-ring (bicyclic) bond motifs is 1. The smallest absolute Gasteiger partial charge is 0.316 e. The minimum atomic E-state index is -0.615. The summed E-state index contributed by atoms with van der Waals surface area (Å²) in [6.07, 6.45) is 3.44. The third-order valence-electron chi connectivity index (χ3n) is 6.98. The van der Waals surface area contributed by atoms with Crippen LogP contribution in [0.2, 0.25) is 0 Å². The molecule has 0 spiro atoms. The molecule has 2 heterocycles. The lowest BCUT2D eigenvalue weighted by Gasteiger charge is -2.19. The van der Waals surface area contributed by atoms with E-state index in [0.29, 0.717) is 17.1 Å². The normalized spacial score (nSPS) is 24.4. The standard InChI is InChI=1S/C26H26N2O6/c1-33-19-11-9-17(10-12-19)27-15-16(13-23(27)29)26(32)34-20-6-4-5-18(14-20)28-24(30)21-7-2-3-8-22(21)25(28)31/h4-6,9-12,14,16,21-22H,2-3,7-8,13,15H2,1H3/t16-,21-,22+/m1/s1. The van der Waals surface area contributed by atoms with Crippen LogP contribution in [0.1, 0.15) is 32.1 Å². The fraction of sp³-hybridized carbons (Fsp3) is 0.385. The first kappa shape index (κ1) is 22.1. The quantitative estimate of drug-likeness (QED) is 0.384. The number of hydrogen-bond donors (Lipinski definition) is 0. The zero-order valence-electron chi connectivity index (χ0n) is 18.9. The van der Waals surface area contributed by atoms with Gasteiger partial charge < -0.3 is 14.4 Å². The summed E-state index contributed by atoms with van der Waals surface area (Å²) in [4.78, 5) is 53.9. The summed E-state index contributed by atoms with van der Waals surface area (Å²) in [5.74, 6) is -1.21. The summed E-state index contributed by atoms with van der Waals surface area (Å²) in [7, 11) is 1.57. The summed E-state index contributed by atoms with van der Waals surface area (Å²) in [5.41, 5.74) is 1.10. The first-order valence-corrected chi connectivity index (χ1v) is 11.6. The number of amides is 3. The van der Waals surface area contributed by atoms with Crippen molar-refractivity contribution in [3.8, 4) is 11.5 Å². The van der Waals surface area contributed by atoms with Gasteiger partial charge in [-0.05, 0) is 49.2 Å². The van der Waals surface area contributed by atoms with E-state index in [4.69, 9.17) is 9.47 Å². The topological polar surface area (TPSA) is 93.2 Å². The number of methoxy groups -OCH3 is 1. The number of anilines is 2. The van der Waals surface area contributed by atoms with Gasteiger partial charge in [-0.1, -0.05) is 18.9 Å². The molecule has 0 radical (unpaired) electrons. The Kier molecular flexibility index (Phi) is 5.81. The number of carbonyl (C=O) groups is 4. The molecule has 5 rings (SSSR count). The van der Waals surface area contributed by atoms with Crippen LogP contribution < -0.4 is 19.3 Å². The van der Waals surface area contributed by atoms with Gasteiger partial charge in [-0.15, -0.1) is 0 Å². The van der Waals surface area contributed by atoms with Gasteiger partial charge in [0.05, 0.1) is 30.6 Å². The molecule has 3 aliphatic rings. The highest BCUT2D eigenvalue weighted by atomic mass is 16.5. The van der Waals surface area contributed by atoms with Crippen molar-refractivity contribution in [2.75, 3.05) is 23.5 Å². The minimum absolute atomic E-state index is 0.0526. The Balaban J connectivity index is 1.27. The Morgan fingerprint density at radius 1 is 0.882 bits per heavy atom. The van der Waals surface area contributed by atoms with E-state index in [1.807, 2.05) is 0 Å². The van der Waals surface area contributed by atoms with Crippen molar-refractivity contribution in [1.29, 1.82) is 0 Å². The highest BCUT2D eigenvalue weighted by Crippen LogP contribution is 2.40. The molecule has 0 bridgehead atoms. The monoisotopic (exact) mass is 462 g/mol. The Labute approximate surface area is 197 Å². The average Bonchev–Trinajstić information content (AvgIpc) is 3.37. The summed E-state index contributed by atoms with van der Waals surface area (Å²) >= 11 is 0. The molecule has 34 heavy (non-hydrogen) atoms. The molecule has 2 aliphatic heterocycles. The van der Waals surface area contributed by atoms with Gasteiger partial charge >= 0.3 is 5.97 Å². The van der Waals surface area contributed by atoms with E-state index in [1.54, 1.807) is 60.5 Å². The number of benzene rings is 2. The van der Waals surface area contributed by atoms with Crippen LogP contribution in [0, 0.1) is 17.8 Å². The van der Waals surface area contributed by atoms with Gasteiger partial charge in [0.15, 0.2) is 0 Å². The fourth-order valence-corrected chi connectivity index (χ4v) is 5.18. The molecule has 0 aromatic heterocycles. The van der Waals surface area contributed by atoms with Crippen LogP contribution in [0.5, 0.6) is 11.5 Å². The lowest BCUT2D eigenvalue weighted by Crippen LogP contribution is -2.31. The van der Waals surface area contributed by atoms with Gasteiger partial charge in [-0.25, -0.2) is 4.90 Å². The molecule has 3 fully saturated rings. The lowest BCUT2D eigenvalue weighted by molar-refractivity contribution is -0.139. The second kappa shape index (κ2) is 8.93. The molecule has 8 heteroatoms. The molecule has 8 nitrogen and oxygen atoms in total. The van der Waals surface area contributed by atoms with E-state index in [-0.39, 0.29) is 48.3 Å². The van der Waals surface area contributed by atoms with E-state index >= 15 is 0 Å². The van der Waals surface area contributed by atoms with E-state index in [2.05, 4.69) is 0 Å². The van der Waals surface area contributed by atoms with Gasteiger partial charge in [0.25, 0.3) is 0 Å². The Hall–Kier alpha value is -3.68. The highest BCUT2D eigenvalue weighted by molar-refractivity contribution is 6.22. The van der Waals surface area contributed by atoms with Gasteiger partial charge in [0.2, 0.25) is 17.7 Å². The van der Waals surface area contributed by atoms with Crippen LogP contribution in [0.15, 0.2) is 48.5 Å². The van der Waals surface area contributed by atoms with Crippen molar-refractivity contribution in [2.45, 2.75) is 32.1 Å². The fourth-order valence-electron chi connectivity index (χ4n) is 5.18. The number of ether oxygens (including phenoxy) is 2. The SMILES string of the molecule is COc1ccc(N2C[C@H](C(=O)Oc3cccc(N4C(=O)[C@H]5CCCC[C@H]5C4=O)c3)CC2=O)cc1. The Bertz CT molecular complexity index is 1120. The average molecular weight is 463 g/mol. The summed E-state index contributed by atoms with van der Waals surface area (Å²) in [6.45, 7) is 0.218. The molecule has 176 valence electrons. The number of esters is 1. The number of carbonyl (C=O) groups excluding carboxylic acids is 4. The van der Waals surface area contributed by atoms with Crippen molar-refractivity contribution < 1.29 is 28.7 Å². The van der Waals surface area contributed by atoms with Crippen LogP contribution in [-0.2, 0) is 19.2 Å². The van der Waals surface area contributed by atoms with E-state index in [9.17, 15) is 19.2 Å². The van der Waals surface area contributed by atoms with Gasteiger partial charge in [-0.3, -0.25) is 19.2 Å². The maximum absolute atomic E-state index is 12.9. The zero-order chi connectivity index (χ0) is 23.8. The van der Waals surface area contributed by atoms with Gasteiger partial charge in [0.1, 0.15) is 11.5 Å². The zero-order valence-corrected chi connectivity index (χ0v) is 18.9. The van der Waals surface area contributed by atoms with Crippen LogP contribution in [0.4, 0.5) is 11.4 Å². The van der Waals surface area contributed by atoms with Gasteiger partial charge in [0, 0.05) is 24.7 Å². The van der Waals surface area contributed by atoms with Crippen LogP contribution >= 0.6 is 0 Å². The Morgan fingerprint density at radius 2 is 1.56 bits per heavy atom. The van der Waals surface area contributed by atoms with E-state index in [0.717, 1.165) is 25.7 Å². The largest absolute Gasteiger partial charge is 0.497 e. The van der Waals surface area contributed by atoms with E-state index < -0.39 is 11.9 Å². The molecule has 0 unspecified atom stereocenters. The molecule has 1 saturated carbocycles. The van der Waals surface area contributed by atoms with E-state index in [1.165, 1.54) is 4.90 Å².